The summed E-state index contributed by atoms with van der Waals surface area (Å²) in [7, 11) is 0. The summed E-state index contributed by atoms with van der Waals surface area (Å²) in [5, 5.41) is 3.05. The van der Waals surface area contributed by atoms with Crippen LogP contribution >= 0.6 is 0 Å². The Hall–Kier alpha value is -1.35. The van der Waals surface area contributed by atoms with Crippen LogP contribution in [-0.2, 0) is 17.9 Å². The van der Waals surface area contributed by atoms with Crippen LogP contribution in [0.25, 0.3) is 0 Å². The minimum Gasteiger partial charge on any atom is -0.352 e. The molecule has 3 nitrogen and oxygen atoms in total. The Bertz CT molecular complexity index is 445. The topological polar surface area (TPSA) is 32.3 Å². The molecule has 0 aromatic heterocycles. The molecule has 1 fully saturated rings. The number of rotatable bonds is 7. The molecule has 0 unspecified atom stereocenters. The Balaban J connectivity index is 1.80. The summed E-state index contributed by atoms with van der Waals surface area (Å²) in [4.78, 5) is 14.5. The average molecular weight is 302 g/mol. The summed E-state index contributed by atoms with van der Waals surface area (Å²) in [5.41, 5.74) is 2.55. The highest BCUT2D eigenvalue weighted by Gasteiger charge is 2.13. The van der Waals surface area contributed by atoms with E-state index in [9.17, 15) is 4.79 Å². The van der Waals surface area contributed by atoms with E-state index in [1.165, 1.54) is 43.5 Å². The zero-order valence-electron chi connectivity index (χ0n) is 14.1. The largest absolute Gasteiger partial charge is 0.352 e. The number of carbonyl (C=O) groups is 1. The molecule has 0 aliphatic carbocycles. The van der Waals surface area contributed by atoms with Crippen molar-refractivity contribution in [3.8, 4) is 0 Å². The van der Waals surface area contributed by atoms with E-state index in [1.54, 1.807) is 0 Å². The first-order chi connectivity index (χ1) is 10.7. The van der Waals surface area contributed by atoms with Crippen LogP contribution in [0.5, 0.6) is 0 Å². The second-order valence-electron chi connectivity index (χ2n) is 6.38. The van der Waals surface area contributed by atoms with E-state index < -0.39 is 0 Å². The standard InChI is InChI=1S/C19H30N2O/c1-3-18(4-2)19(22)20-14-16-8-10-17(11-9-16)15-21-12-6-5-7-13-21/h8-11,18H,3-7,12-15H2,1-2H3,(H,20,22). The fourth-order valence-corrected chi connectivity index (χ4v) is 3.13. The first-order valence-corrected chi connectivity index (χ1v) is 8.80. The van der Waals surface area contributed by atoms with E-state index in [1.807, 2.05) is 0 Å². The number of hydrogen-bond acceptors (Lipinski definition) is 2. The SMILES string of the molecule is CCC(CC)C(=O)NCc1ccc(CN2CCCCC2)cc1. The molecule has 1 aliphatic rings. The lowest BCUT2D eigenvalue weighted by Gasteiger charge is -2.26. The van der Waals surface area contributed by atoms with Gasteiger partial charge < -0.3 is 5.32 Å². The Labute approximate surface area is 135 Å². The van der Waals surface area contributed by atoms with Gasteiger partial charge in [-0.1, -0.05) is 44.5 Å². The highest BCUT2D eigenvalue weighted by molar-refractivity contribution is 5.78. The smallest absolute Gasteiger partial charge is 0.223 e. The molecule has 1 aliphatic heterocycles. The van der Waals surface area contributed by atoms with E-state index in [4.69, 9.17) is 0 Å². The van der Waals surface area contributed by atoms with E-state index in [0.29, 0.717) is 6.54 Å². The van der Waals surface area contributed by atoms with Gasteiger partial charge in [-0.05, 0) is 49.9 Å². The number of piperidine rings is 1. The summed E-state index contributed by atoms with van der Waals surface area (Å²) >= 11 is 0. The van der Waals surface area contributed by atoms with Crippen LogP contribution in [0.2, 0.25) is 0 Å². The highest BCUT2D eigenvalue weighted by Crippen LogP contribution is 2.14. The Kier molecular flexibility index (Phi) is 6.91. The van der Waals surface area contributed by atoms with Gasteiger partial charge in [-0.3, -0.25) is 9.69 Å². The fraction of sp³-hybridized carbons (Fsp3) is 0.632. The molecule has 0 radical (unpaired) electrons. The molecule has 0 spiro atoms. The van der Waals surface area contributed by atoms with Crippen molar-refractivity contribution in [3.05, 3.63) is 35.4 Å². The normalized spacial score (nSPS) is 16.0. The van der Waals surface area contributed by atoms with Gasteiger partial charge in [-0.25, -0.2) is 0 Å². The van der Waals surface area contributed by atoms with Crippen molar-refractivity contribution in [2.45, 2.75) is 59.0 Å². The quantitative estimate of drug-likeness (QED) is 0.832. The van der Waals surface area contributed by atoms with Crippen molar-refractivity contribution in [2.24, 2.45) is 5.92 Å². The zero-order chi connectivity index (χ0) is 15.8. The van der Waals surface area contributed by atoms with Crippen LogP contribution in [0.1, 0.15) is 57.1 Å². The molecule has 0 bridgehead atoms. The first-order valence-electron chi connectivity index (χ1n) is 8.80. The molecule has 1 aromatic carbocycles. The second kappa shape index (κ2) is 8.94. The minimum atomic E-state index is 0.151. The Morgan fingerprint density at radius 3 is 2.23 bits per heavy atom. The molecule has 1 aromatic rings. The molecule has 0 atom stereocenters. The van der Waals surface area contributed by atoms with Gasteiger partial charge in [0.25, 0.3) is 0 Å². The van der Waals surface area contributed by atoms with Crippen LogP contribution in [-0.4, -0.2) is 23.9 Å². The maximum absolute atomic E-state index is 12.0. The maximum Gasteiger partial charge on any atom is 0.223 e. The molecule has 2 rings (SSSR count). The van der Waals surface area contributed by atoms with Gasteiger partial charge in [0.15, 0.2) is 0 Å². The minimum absolute atomic E-state index is 0.151. The van der Waals surface area contributed by atoms with Crippen LogP contribution in [0.4, 0.5) is 0 Å². The van der Waals surface area contributed by atoms with E-state index in [0.717, 1.165) is 19.4 Å². The second-order valence-corrected chi connectivity index (χ2v) is 6.38. The number of nitrogens with zero attached hydrogens (tertiary/aromatic N) is 1. The molecule has 22 heavy (non-hydrogen) atoms. The molecular weight excluding hydrogens is 272 g/mol. The number of benzene rings is 1. The number of carbonyl (C=O) groups excluding carboxylic acids is 1. The molecule has 1 heterocycles. The van der Waals surface area contributed by atoms with E-state index in [-0.39, 0.29) is 11.8 Å². The lowest BCUT2D eigenvalue weighted by molar-refractivity contribution is -0.125. The number of hydrogen-bond donors (Lipinski definition) is 1. The first kappa shape index (κ1) is 17.0. The van der Waals surface area contributed by atoms with Gasteiger partial charge in [0.05, 0.1) is 0 Å². The molecule has 122 valence electrons. The number of likely N-dealkylation sites (tertiary alicyclic amines) is 1. The Morgan fingerprint density at radius 2 is 1.64 bits per heavy atom. The fourth-order valence-electron chi connectivity index (χ4n) is 3.13. The third kappa shape index (κ3) is 5.13. The third-order valence-corrected chi connectivity index (χ3v) is 4.70. The van der Waals surface area contributed by atoms with Gasteiger partial charge >= 0.3 is 0 Å². The van der Waals surface area contributed by atoms with Gasteiger partial charge in [-0.15, -0.1) is 0 Å². The average Bonchev–Trinajstić information content (AvgIpc) is 2.56. The maximum atomic E-state index is 12.0. The van der Waals surface area contributed by atoms with Gasteiger partial charge in [0, 0.05) is 19.0 Å². The van der Waals surface area contributed by atoms with E-state index in [2.05, 4.69) is 48.3 Å². The molecular formula is C19H30N2O. The van der Waals surface area contributed by atoms with Crippen LogP contribution in [0.3, 0.4) is 0 Å². The summed E-state index contributed by atoms with van der Waals surface area (Å²) in [6, 6.07) is 8.69. The van der Waals surface area contributed by atoms with Crippen LogP contribution in [0, 0.1) is 5.92 Å². The predicted octanol–water partition coefficient (Wildman–Crippen LogP) is 3.72. The molecule has 3 heteroatoms. The lowest BCUT2D eigenvalue weighted by Crippen LogP contribution is -2.30. The monoisotopic (exact) mass is 302 g/mol. The van der Waals surface area contributed by atoms with Crippen molar-refractivity contribution in [1.82, 2.24) is 10.2 Å². The van der Waals surface area contributed by atoms with Gasteiger partial charge in [-0.2, -0.15) is 0 Å². The van der Waals surface area contributed by atoms with Crippen LogP contribution < -0.4 is 5.32 Å². The number of nitrogens with one attached hydrogen (secondary N) is 1. The molecule has 0 saturated carbocycles. The van der Waals surface area contributed by atoms with E-state index >= 15 is 0 Å². The number of amides is 1. The van der Waals surface area contributed by atoms with Gasteiger partial charge in [0.1, 0.15) is 0 Å². The van der Waals surface area contributed by atoms with Crippen molar-refractivity contribution in [2.75, 3.05) is 13.1 Å². The Morgan fingerprint density at radius 1 is 1.05 bits per heavy atom. The van der Waals surface area contributed by atoms with Gasteiger partial charge in [0.2, 0.25) is 5.91 Å². The third-order valence-electron chi connectivity index (χ3n) is 4.70. The lowest BCUT2D eigenvalue weighted by atomic mass is 10.0. The summed E-state index contributed by atoms with van der Waals surface area (Å²) < 4.78 is 0. The predicted molar refractivity (Wildman–Crippen MR) is 91.5 cm³/mol. The summed E-state index contributed by atoms with van der Waals surface area (Å²) in [5.74, 6) is 0.334. The van der Waals surface area contributed by atoms with Crippen molar-refractivity contribution < 1.29 is 4.79 Å². The highest BCUT2D eigenvalue weighted by atomic mass is 16.1. The molecule has 1 N–H and O–H groups in total. The summed E-state index contributed by atoms with van der Waals surface area (Å²) in [6.07, 6.45) is 5.88. The van der Waals surface area contributed by atoms with Crippen molar-refractivity contribution in [1.29, 1.82) is 0 Å². The van der Waals surface area contributed by atoms with Crippen molar-refractivity contribution >= 4 is 5.91 Å². The van der Waals surface area contributed by atoms with Crippen LogP contribution in [0.15, 0.2) is 24.3 Å². The zero-order valence-corrected chi connectivity index (χ0v) is 14.1. The molecule has 1 amide bonds. The van der Waals surface area contributed by atoms with Crippen molar-refractivity contribution in [3.63, 3.8) is 0 Å². The molecule has 1 saturated heterocycles. The summed E-state index contributed by atoms with van der Waals surface area (Å²) in [6.45, 7) is 8.30.